The van der Waals surface area contributed by atoms with Crippen molar-refractivity contribution in [2.45, 2.75) is 13.5 Å². The maximum Gasteiger partial charge on any atom is 0.169 e. The lowest BCUT2D eigenvalue weighted by atomic mass is 10.2. The van der Waals surface area contributed by atoms with Crippen LogP contribution in [-0.2, 0) is 6.54 Å². The molecule has 0 heterocycles. The third kappa shape index (κ3) is 3.74. The molecule has 106 valence electrons. The van der Waals surface area contributed by atoms with Gasteiger partial charge in [0.15, 0.2) is 11.5 Å². The summed E-state index contributed by atoms with van der Waals surface area (Å²) < 4.78 is 12.1. The van der Waals surface area contributed by atoms with E-state index in [-0.39, 0.29) is 0 Å². The number of para-hydroxylation sites is 2. The van der Waals surface area contributed by atoms with Crippen LogP contribution in [0.3, 0.4) is 0 Å². The van der Waals surface area contributed by atoms with Crippen LogP contribution in [0.4, 0.5) is 0 Å². The van der Waals surface area contributed by atoms with Crippen molar-refractivity contribution in [2.75, 3.05) is 13.7 Å². The highest BCUT2D eigenvalue weighted by Gasteiger charge is 2.08. The smallest absolute Gasteiger partial charge is 0.169 e. The van der Waals surface area contributed by atoms with Crippen LogP contribution in [0.1, 0.15) is 12.5 Å². The first-order valence-corrected chi connectivity index (χ1v) is 7.34. The van der Waals surface area contributed by atoms with Gasteiger partial charge >= 0.3 is 0 Å². The van der Waals surface area contributed by atoms with E-state index in [9.17, 15) is 0 Å². The lowest BCUT2D eigenvalue weighted by Crippen LogP contribution is -2.11. The largest absolute Gasteiger partial charge is 0.493 e. The van der Waals surface area contributed by atoms with Gasteiger partial charge in [0.25, 0.3) is 0 Å². The molecule has 0 bridgehead atoms. The van der Waals surface area contributed by atoms with Gasteiger partial charge in [-0.1, -0.05) is 25.1 Å². The van der Waals surface area contributed by atoms with Crippen LogP contribution in [0.5, 0.6) is 17.2 Å². The highest BCUT2D eigenvalue weighted by atomic mass is 79.9. The fourth-order valence-corrected chi connectivity index (χ4v) is 2.34. The Morgan fingerprint density at radius 3 is 2.45 bits per heavy atom. The second-order valence-corrected chi connectivity index (χ2v) is 5.15. The Morgan fingerprint density at radius 2 is 1.80 bits per heavy atom. The molecule has 4 heteroatoms. The van der Waals surface area contributed by atoms with Crippen molar-refractivity contribution in [1.82, 2.24) is 5.32 Å². The molecule has 0 saturated carbocycles. The van der Waals surface area contributed by atoms with Gasteiger partial charge in [-0.25, -0.2) is 0 Å². The van der Waals surface area contributed by atoms with Crippen molar-refractivity contribution in [3.63, 3.8) is 0 Å². The fourth-order valence-electron chi connectivity index (χ4n) is 1.83. The molecule has 0 unspecified atom stereocenters. The van der Waals surface area contributed by atoms with Gasteiger partial charge in [-0.3, -0.25) is 0 Å². The van der Waals surface area contributed by atoms with Crippen molar-refractivity contribution in [1.29, 1.82) is 0 Å². The molecular formula is C16H18BrNO2. The van der Waals surface area contributed by atoms with E-state index in [1.54, 1.807) is 7.11 Å². The monoisotopic (exact) mass is 335 g/mol. The molecule has 0 spiro atoms. The predicted octanol–water partition coefficient (Wildman–Crippen LogP) is 4.36. The Hall–Kier alpha value is -1.52. The topological polar surface area (TPSA) is 30.5 Å². The van der Waals surface area contributed by atoms with Gasteiger partial charge in [0.2, 0.25) is 0 Å². The highest BCUT2D eigenvalue weighted by molar-refractivity contribution is 9.10. The average Bonchev–Trinajstić information content (AvgIpc) is 2.48. The number of halogens is 1. The Labute approximate surface area is 128 Å². The molecule has 3 nitrogen and oxygen atoms in total. The number of ether oxygens (including phenoxy) is 2. The van der Waals surface area contributed by atoms with Crippen LogP contribution in [0, 0.1) is 0 Å². The summed E-state index contributed by atoms with van der Waals surface area (Å²) in [6.45, 7) is 3.90. The predicted molar refractivity (Wildman–Crippen MR) is 84.6 cm³/mol. The average molecular weight is 336 g/mol. The number of benzene rings is 2. The molecule has 0 fully saturated rings. The highest BCUT2D eigenvalue weighted by Crippen LogP contribution is 2.35. The van der Waals surface area contributed by atoms with Gasteiger partial charge < -0.3 is 14.8 Å². The zero-order valence-electron chi connectivity index (χ0n) is 11.7. The minimum atomic E-state index is 0.704. The quantitative estimate of drug-likeness (QED) is 0.850. The second kappa shape index (κ2) is 7.31. The third-order valence-corrected chi connectivity index (χ3v) is 3.48. The summed E-state index contributed by atoms with van der Waals surface area (Å²) in [6.07, 6.45) is 0. The molecule has 0 aromatic heterocycles. The molecule has 2 aromatic rings. The lowest BCUT2D eigenvalue weighted by molar-refractivity contribution is 0.378. The molecule has 0 aliphatic heterocycles. The van der Waals surface area contributed by atoms with Crippen LogP contribution >= 0.6 is 15.9 Å². The normalized spacial score (nSPS) is 10.3. The Kier molecular flexibility index (Phi) is 5.44. The minimum absolute atomic E-state index is 0.704. The number of hydrogen-bond acceptors (Lipinski definition) is 3. The summed E-state index contributed by atoms with van der Waals surface area (Å²) in [5.41, 5.74) is 1.21. The van der Waals surface area contributed by atoms with Gasteiger partial charge in [-0.05, 0) is 52.3 Å². The minimum Gasteiger partial charge on any atom is -0.493 e. The van der Waals surface area contributed by atoms with E-state index in [4.69, 9.17) is 9.47 Å². The zero-order chi connectivity index (χ0) is 14.4. The summed E-state index contributed by atoms with van der Waals surface area (Å²) in [5.74, 6) is 2.20. The molecule has 2 rings (SSSR count). The van der Waals surface area contributed by atoms with Gasteiger partial charge in [-0.15, -0.1) is 0 Å². The molecule has 1 N–H and O–H groups in total. The zero-order valence-corrected chi connectivity index (χ0v) is 13.2. The van der Waals surface area contributed by atoms with E-state index in [1.165, 1.54) is 5.56 Å². The van der Waals surface area contributed by atoms with Gasteiger partial charge in [0.05, 0.1) is 11.6 Å². The number of methoxy groups -OCH3 is 1. The number of rotatable bonds is 6. The lowest BCUT2D eigenvalue weighted by Gasteiger charge is -2.12. The molecule has 20 heavy (non-hydrogen) atoms. The maximum atomic E-state index is 5.90. The summed E-state index contributed by atoms with van der Waals surface area (Å²) in [5, 5.41) is 3.30. The van der Waals surface area contributed by atoms with Crippen molar-refractivity contribution in [2.24, 2.45) is 0 Å². The molecule has 0 amide bonds. The molecule has 0 aliphatic rings. The Bertz CT molecular complexity index is 572. The van der Waals surface area contributed by atoms with Crippen LogP contribution in [0.25, 0.3) is 0 Å². The van der Waals surface area contributed by atoms with Crippen molar-refractivity contribution in [3.8, 4) is 17.2 Å². The standard InChI is InChI=1S/C16H18BrNO2/c1-3-18-11-12-8-9-14(13(17)10-12)20-16-7-5-4-6-15(16)19-2/h4-10,18H,3,11H2,1-2H3. The molecule has 0 radical (unpaired) electrons. The first-order valence-electron chi connectivity index (χ1n) is 6.54. The molecule has 0 aliphatic carbocycles. The first-order chi connectivity index (χ1) is 9.74. The van der Waals surface area contributed by atoms with Crippen LogP contribution < -0.4 is 14.8 Å². The van der Waals surface area contributed by atoms with E-state index in [0.717, 1.165) is 29.1 Å². The van der Waals surface area contributed by atoms with E-state index in [0.29, 0.717) is 5.75 Å². The fraction of sp³-hybridized carbons (Fsp3) is 0.250. The SMILES string of the molecule is CCNCc1ccc(Oc2ccccc2OC)c(Br)c1. The van der Waals surface area contributed by atoms with Gasteiger partial charge in [0.1, 0.15) is 5.75 Å². The second-order valence-electron chi connectivity index (χ2n) is 4.30. The Balaban J connectivity index is 2.17. The summed E-state index contributed by atoms with van der Waals surface area (Å²) in [7, 11) is 1.64. The molecule has 2 aromatic carbocycles. The number of hydrogen-bond donors (Lipinski definition) is 1. The van der Waals surface area contributed by atoms with Gasteiger partial charge in [-0.2, -0.15) is 0 Å². The van der Waals surface area contributed by atoms with E-state index in [1.807, 2.05) is 30.3 Å². The van der Waals surface area contributed by atoms with Crippen molar-refractivity contribution < 1.29 is 9.47 Å². The molecule has 0 atom stereocenters. The Morgan fingerprint density at radius 1 is 1.05 bits per heavy atom. The summed E-state index contributed by atoms with van der Waals surface area (Å²) >= 11 is 3.55. The summed E-state index contributed by atoms with van der Waals surface area (Å²) in [6, 6.07) is 13.7. The van der Waals surface area contributed by atoms with E-state index < -0.39 is 0 Å². The number of nitrogens with one attached hydrogen (secondary N) is 1. The molecular weight excluding hydrogens is 318 g/mol. The first kappa shape index (κ1) is 14.9. The van der Waals surface area contributed by atoms with Crippen LogP contribution in [0.2, 0.25) is 0 Å². The van der Waals surface area contributed by atoms with Crippen molar-refractivity contribution >= 4 is 15.9 Å². The van der Waals surface area contributed by atoms with E-state index in [2.05, 4.69) is 40.3 Å². The van der Waals surface area contributed by atoms with Gasteiger partial charge in [0, 0.05) is 6.54 Å². The van der Waals surface area contributed by atoms with E-state index >= 15 is 0 Å². The van der Waals surface area contributed by atoms with Crippen LogP contribution in [0.15, 0.2) is 46.9 Å². The maximum absolute atomic E-state index is 5.90. The van der Waals surface area contributed by atoms with Crippen molar-refractivity contribution in [3.05, 3.63) is 52.5 Å². The van der Waals surface area contributed by atoms with Crippen LogP contribution in [-0.4, -0.2) is 13.7 Å². The molecule has 0 saturated heterocycles. The third-order valence-electron chi connectivity index (χ3n) is 2.86. The summed E-state index contributed by atoms with van der Waals surface area (Å²) in [4.78, 5) is 0.